The van der Waals surface area contributed by atoms with Crippen LogP contribution in [0.3, 0.4) is 0 Å². The third-order valence-electron chi connectivity index (χ3n) is 3.05. The molecule has 2 saturated carbocycles. The lowest BCUT2D eigenvalue weighted by molar-refractivity contribution is -0.0467. The van der Waals surface area contributed by atoms with E-state index in [9.17, 15) is 4.39 Å². The van der Waals surface area contributed by atoms with E-state index in [2.05, 4.69) is 0 Å². The molecule has 0 amide bonds. The molecule has 0 aromatic heterocycles. The van der Waals surface area contributed by atoms with Gasteiger partial charge in [-0.25, -0.2) is 0 Å². The molecular formula is C8H15ClFN. The average Bonchev–Trinajstić information content (AvgIpc) is 1.74. The van der Waals surface area contributed by atoms with Gasteiger partial charge in [0.2, 0.25) is 0 Å². The number of rotatable bonds is 1. The van der Waals surface area contributed by atoms with Crippen molar-refractivity contribution in [1.82, 2.24) is 0 Å². The SMILES string of the molecule is Cl.NC1CC2(C1)CC(CF)C2. The molecule has 0 aromatic rings. The highest BCUT2D eigenvalue weighted by Crippen LogP contribution is 2.58. The van der Waals surface area contributed by atoms with Gasteiger partial charge in [0.25, 0.3) is 0 Å². The summed E-state index contributed by atoms with van der Waals surface area (Å²) in [6.45, 7) is -0.114. The summed E-state index contributed by atoms with van der Waals surface area (Å²) >= 11 is 0. The molecule has 1 spiro atoms. The van der Waals surface area contributed by atoms with Crippen molar-refractivity contribution < 1.29 is 4.39 Å². The summed E-state index contributed by atoms with van der Waals surface area (Å²) < 4.78 is 12.0. The van der Waals surface area contributed by atoms with Crippen LogP contribution in [-0.2, 0) is 0 Å². The van der Waals surface area contributed by atoms with Gasteiger partial charge in [-0.1, -0.05) is 0 Å². The van der Waals surface area contributed by atoms with E-state index < -0.39 is 0 Å². The van der Waals surface area contributed by atoms with Gasteiger partial charge in [0, 0.05) is 6.04 Å². The van der Waals surface area contributed by atoms with E-state index in [0.29, 0.717) is 17.4 Å². The maximum Gasteiger partial charge on any atom is 0.0923 e. The highest BCUT2D eigenvalue weighted by atomic mass is 35.5. The Hall–Kier alpha value is 0.180. The minimum absolute atomic E-state index is 0. The van der Waals surface area contributed by atoms with Gasteiger partial charge in [0.1, 0.15) is 0 Å². The number of nitrogens with two attached hydrogens (primary N) is 1. The molecule has 3 heteroatoms. The molecule has 2 rings (SSSR count). The second kappa shape index (κ2) is 2.91. The summed E-state index contributed by atoms with van der Waals surface area (Å²) in [6, 6.07) is 0.431. The molecule has 2 N–H and O–H groups in total. The Morgan fingerprint density at radius 2 is 1.82 bits per heavy atom. The van der Waals surface area contributed by atoms with Crippen LogP contribution in [-0.4, -0.2) is 12.7 Å². The number of hydrogen-bond acceptors (Lipinski definition) is 1. The highest BCUT2D eigenvalue weighted by molar-refractivity contribution is 5.85. The molecule has 0 unspecified atom stereocenters. The maximum absolute atomic E-state index is 12.0. The Labute approximate surface area is 72.9 Å². The number of halogens is 2. The Balaban J connectivity index is 0.000000605. The van der Waals surface area contributed by atoms with Gasteiger partial charge in [-0.2, -0.15) is 0 Å². The Morgan fingerprint density at radius 3 is 2.18 bits per heavy atom. The summed E-state index contributed by atoms with van der Waals surface area (Å²) in [5.74, 6) is 0.382. The Bertz CT molecular complexity index is 137. The second-order valence-corrected chi connectivity index (χ2v) is 4.10. The Kier molecular flexibility index (Phi) is 2.45. The minimum atomic E-state index is -0.114. The fraction of sp³-hybridized carbons (Fsp3) is 1.00. The zero-order chi connectivity index (χ0) is 7.19. The lowest BCUT2D eigenvalue weighted by Gasteiger charge is -2.56. The van der Waals surface area contributed by atoms with E-state index in [-0.39, 0.29) is 19.1 Å². The normalized spacial score (nSPS) is 47.5. The maximum atomic E-state index is 12.0. The van der Waals surface area contributed by atoms with Crippen LogP contribution in [0, 0.1) is 11.3 Å². The molecule has 0 saturated heterocycles. The largest absolute Gasteiger partial charge is 0.328 e. The average molecular weight is 180 g/mol. The van der Waals surface area contributed by atoms with Crippen molar-refractivity contribution in [2.45, 2.75) is 31.7 Å². The van der Waals surface area contributed by atoms with E-state index in [4.69, 9.17) is 5.73 Å². The van der Waals surface area contributed by atoms with Crippen molar-refractivity contribution in [3.05, 3.63) is 0 Å². The van der Waals surface area contributed by atoms with E-state index >= 15 is 0 Å². The van der Waals surface area contributed by atoms with Crippen LogP contribution in [0.5, 0.6) is 0 Å². The van der Waals surface area contributed by atoms with E-state index in [1.807, 2.05) is 0 Å². The number of hydrogen-bond donors (Lipinski definition) is 1. The van der Waals surface area contributed by atoms with E-state index in [0.717, 1.165) is 25.7 Å². The fourth-order valence-corrected chi connectivity index (χ4v) is 2.66. The first-order valence-corrected chi connectivity index (χ1v) is 4.06. The van der Waals surface area contributed by atoms with Crippen LogP contribution in [0.1, 0.15) is 25.7 Å². The monoisotopic (exact) mass is 179 g/mol. The molecule has 0 aromatic carbocycles. The van der Waals surface area contributed by atoms with Crippen molar-refractivity contribution in [3.63, 3.8) is 0 Å². The first-order valence-electron chi connectivity index (χ1n) is 4.06. The van der Waals surface area contributed by atoms with Gasteiger partial charge < -0.3 is 5.73 Å². The van der Waals surface area contributed by atoms with Crippen molar-refractivity contribution >= 4 is 12.4 Å². The first-order chi connectivity index (χ1) is 4.74. The van der Waals surface area contributed by atoms with E-state index in [1.165, 1.54) is 0 Å². The molecule has 0 aliphatic heterocycles. The molecule has 0 heterocycles. The van der Waals surface area contributed by atoms with Gasteiger partial charge >= 0.3 is 0 Å². The summed E-state index contributed by atoms with van der Waals surface area (Å²) in [7, 11) is 0. The molecule has 2 aliphatic carbocycles. The first kappa shape index (κ1) is 9.27. The molecule has 66 valence electrons. The number of alkyl halides is 1. The predicted octanol–water partition coefficient (Wildman–Crippen LogP) is 1.90. The summed E-state index contributed by atoms with van der Waals surface area (Å²) in [4.78, 5) is 0. The molecular weight excluding hydrogens is 165 g/mol. The summed E-state index contributed by atoms with van der Waals surface area (Å²) in [6.07, 6.45) is 4.53. The smallest absolute Gasteiger partial charge is 0.0923 e. The molecule has 1 nitrogen and oxygen atoms in total. The third-order valence-corrected chi connectivity index (χ3v) is 3.05. The highest BCUT2D eigenvalue weighted by Gasteiger charge is 2.51. The molecule has 11 heavy (non-hydrogen) atoms. The quantitative estimate of drug-likeness (QED) is 0.654. The predicted molar refractivity (Wildman–Crippen MR) is 45.6 cm³/mol. The van der Waals surface area contributed by atoms with Gasteiger partial charge in [-0.3, -0.25) is 4.39 Å². The second-order valence-electron chi connectivity index (χ2n) is 4.10. The zero-order valence-corrected chi connectivity index (χ0v) is 7.37. The van der Waals surface area contributed by atoms with Crippen LogP contribution >= 0.6 is 12.4 Å². The van der Waals surface area contributed by atoms with Crippen LogP contribution in [0.2, 0.25) is 0 Å². The van der Waals surface area contributed by atoms with Gasteiger partial charge in [-0.05, 0) is 37.0 Å². The van der Waals surface area contributed by atoms with Crippen LogP contribution in [0.25, 0.3) is 0 Å². The minimum Gasteiger partial charge on any atom is -0.328 e. The lowest BCUT2D eigenvalue weighted by atomic mass is 9.50. The molecule has 2 fully saturated rings. The van der Waals surface area contributed by atoms with E-state index in [1.54, 1.807) is 0 Å². The molecule has 2 aliphatic rings. The molecule has 0 radical (unpaired) electrons. The van der Waals surface area contributed by atoms with Gasteiger partial charge in [0.05, 0.1) is 6.67 Å². The summed E-state index contributed by atoms with van der Waals surface area (Å²) in [5.41, 5.74) is 6.18. The molecule has 0 bridgehead atoms. The zero-order valence-electron chi connectivity index (χ0n) is 6.55. The van der Waals surface area contributed by atoms with Gasteiger partial charge in [0.15, 0.2) is 0 Å². The van der Waals surface area contributed by atoms with Gasteiger partial charge in [-0.15, -0.1) is 12.4 Å². The van der Waals surface area contributed by atoms with Crippen molar-refractivity contribution in [2.24, 2.45) is 17.1 Å². The molecule has 0 atom stereocenters. The van der Waals surface area contributed by atoms with Crippen LogP contribution < -0.4 is 5.73 Å². The van der Waals surface area contributed by atoms with Crippen LogP contribution in [0.4, 0.5) is 4.39 Å². The van der Waals surface area contributed by atoms with Crippen molar-refractivity contribution in [2.75, 3.05) is 6.67 Å². The van der Waals surface area contributed by atoms with Crippen LogP contribution in [0.15, 0.2) is 0 Å². The van der Waals surface area contributed by atoms with Crippen molar-refractivity contribution in [3.8, 4) is 0 Å². The standard InChI is InChI=1S/C8H14FN.ClH/c9-5-6-1-8(2-6)3-7(10)4-8;/h6-7H,1-5,10H2;1H. The fourth-order valence-electron chi connectivity index (χ4n) is 2.66. The third kappa shape index (κ3) is 1.38. The topological polar surface area (TPSA) is 26.0 Å². The lowest BCUT2D eigenvalue weighted by Crippen LogP contribution is -2.53. The van der Waals surface area contributed by atoms with Crippen molar-refractivity contribution in [1.29, 1.82) is 0 Å². The Morgan fingerprint density at radius 1 is 1.27 bits per heavy atom. The summed E-state index contributed by atoms with van der Waals surface area (Å²) in [5, 5.41) is 0.